The summed E-state index contributed by atoms with van der Waals surface area (Å²) in [6.07, 6.45) is 5.31. The van der Waals surface area contributed by atoms with E-state index in [0.29, 0.717) is 13.0 Å². The normalized spacial score (nSPS) is 24.5. The van der Waals surface area contributed by atoms with Crippen molar-refractivity contribution in [1.82, 2.24) is 0 Å². The molecule has 0 aromatic carbocycles. The minimum Gasteiger partial charge on any atom is -0.465 e. The van der Waals surface area contributed by atoms with E-state index in [2.05, 4.69) is 0 Å². The molecule has 1 aliphatic carbocycles. The average Bonchev–Trinajstić information content (AvgIpc) is 1.83. The van der Waals surface area contributed by atoms with E-state index in [4.69, 9.17) is 4.74 Å². The Morgan fingerprint density at radius 3 is 2.45 bits per heavy atom. The number of allylic oxidation sites excluding steroid dienone is 1. The van der Waals surface area contributed by atoms with E-state index in [1.165, 1.54) is 30.4 Å². The van der Waals surface area contributed by atoms with Crippen LogP contribution in [-0.2, 0) is 9.53 Å². The average molecular weight is 152 g/mol. The third-order valence-electron chi connectivity index (χ3n) is 2.48. The van der Waals surface area contributed by atoms with E-state index < -0.39 is 0 Å². The maximum atomic E-state index is 10.9. The number of esters is 1. The van der Waals surface area contributed by atoms with Crippen LogP contribution in [0.1, 0.15) is 32.1 Å². The minimum atomic E-state index is -0.0364. The van der Waals surface area contributed by atoms with Crippen LogP contribution in [0.3, 0.4) is 0 Å². The third kappa shape index (κ3) is 1.30. The van der Waals surface area contributed by atoms with Gasteiger partial charge in [-0.3, -0.25) is 4.79 Å². The summed E-state index contributed by atoms with van der Waals surface area (Å²) in [5, 5.41) is 0. The molecule has 11 heavy (non-hydrogen) atoms. The van der Waals surface area contributed by atoms with Crippen LogP contribution in [0.5, 0.6) is 0 Å². The monoisotopic (exact) mass is 152 g/mol. The molecule has 0 aromatic heterocycles. The lowest BCUT2D eigenvalue weighted by molar-refractivity contribution is -0.144. The second kappa shape index (κ2) is 2.68. The smallest absolute Gasteiger partial charge is 0.309 e. The lowest BCUT2D eigenvalue weighted by atomic mass is 9.85. The molecule has 2 rings (SSSR count). The third-order valence-corrected chi connectivity index (χ3v) is 2.48. The van der Waals surface area contributed by atoms with Crippen LogP contribution in [0, 0.1) is 0 Å². The molecule has 2 fully saturated rings. The van der Waals surface area contributed by atoms with Gasteiger partial charge in [0, 0.05) is 6.42 Å². The lowest BCUT2D eigenvalue weighted by Gasteiger charge is -2.24. The molecule has 0 radical (unpaired) electrons. The van der Waals surface area contributed by atoms with Crippen molar-refractivity contribution in [1.29, 1.82) is 0 Å². The number of hydrogen-bond acceptors (Lipinski definition) is 2. The van der Waals surface area contributed by atoms with Crippen molar-refractivity contribution < 1.29 is 9.53 Å². The van der Waals surface area contributed by atoms with Gasteiger partial charge in [-0.2, -0.15) is 0 Å². The highest BCUT2D eigenvalue weighted by molar-refractivity contribution is 5.73. The van der Waals surface area contributed by atoms with E-state index in [1.54, 1.807) is 0 Å². The molecule has 0 atom stereocenters. The molecule has 2 nitrogen and oxygen atoms in total. The van der Waals surface area contributed by atoms with Crippen LogP contribution in [0.4, 0.5) is 0 Å². The second-order valence-corrected chi connectivity index (χ2v) is 3.21. The van der Waals surface area contributed by atoms with Crippen molar-refractivity contribution in [2.45, 2.75) is 32.1 Å². The van der Waals surface area contributed by atoms with Gasteiger partial charge in [0.1, 0.15) is 0 Å². The van der Waals surface area contributed by atoms with Gasteiger partial charge in [-0.25, -0.2) is 0 Å². The molecular formula is C9H12O2. The summed E-state index contributed by atoms with van der Waals surface area (Å²) in [6.45, 7) is 0.609. The van der Waals surface area contributed by atoms with Gasteiger partial charge in [-0.1, -0.05) is 11.1 Å². The summed E-state index contributed by atoms with van der Waals surface area (Å²) in [6, 6.07) is 0. The molecule has 60 valence electrons. The highest BCUT2D eigenvalue weighted by Crippen LogP contribution is 2.32. The van der Waals surface area contributed by atoms with Gasteiger partial charge in [0.15, 0.2) is 0 Å². The van der Waals surface area contributed by atoms with Gasteiger partial charge in [0.2, 0.25) is 0 Å². The van der Waals surface area contributed by atoms with Crippen molar-refractivity contribution >= 4 is 5.97 Å². The molecule has 1 aliphatic heterocycles. The largest absolute Gasteiger partial charge is 0.465 e. The Hall–Kier alpha value is -0.790. The Kier molecular flexibility index (Phi) is 1.68. The van der Waals surface area contributed by atoms with Gasteiger partial charge in [0.05, 0.1) is 13.0 Å². The fraction of sp³-hybridized carbons (Fsp3) is 0.667. The SMILES string of the molecule is O=C1CC(=C2CCC2)CCO1. The standard InChI is InChI=1S/C9H12O2/c10-9-6-8(4-5-11-9)7-2-1-3-7/h1-6H2. The predicted octanol–water partition coefficient (Wildman–Crippen LogP) is 1.80. The van der Waals surface area contributed by atoms with Gasteiger partial charge < -0.3 is 4.74 Å². The molecule has 0 amide bonds. The van der Waals surface area contributed by atoms with Crippen LogP contribution in [0.25, 0.3) is 0 Å². The lowest BCUT2D eigenvalue weighted by Crippen LogP contribution is -2.17. The van der Waals surface area contributed by atoms with E-state index >= 15 is 0 Å². The first-order valence-electron chi connectivity index (χ1n) is 4.21. The maximum Gasteiger partial charge on any atom is 0.309 e. The molecule has 1 saturated carbocycles. The van der Waals surface area contributed by atoms with Crippen LogP contribution in [0.2, 0.25) is 0 Å². The number of hydrogen-bond donors (Lipinski definition) is 0. The van der Waals surface area contributed by atoms with Gasteiger partial charge in [0.25, 0.3) is 0 Å². The Bertz CT molecular complexity index is 210. The van der Waals surface area contributed by atoms with Crippen molar-refractivity contribution in [3.05, 3.63) is 11.1 Å². The van der Waals surface area contributed by atoms with Crippen LogP contribution < -0.4 is 0 Å². The zero-order valence-electron chi connectivity index (χ0n) is 6.56. The number of ether oxygens (including phenoxy) is 1. The van der Waals surface area contributed by atoms with E-state index in [9.17, 15) is 4.79 Å². The minimum absolute atomic E-state index is 0.0364. The Morgan fingerprint density at radius 1 is 1.09 bits per heavy atom. The van der Waals surface area contributed by atoms with Gasteiger partial charge >= 0.3 is 5.97 Å². The fourth-order valence-electron chi connectivity index (χ4n) is 1.61. The Balaban J connectivity index is 2.07. The van der Waals surface area contributed by atoms with Crippen molar-refractivity contribution in [3.63, 3.8) is 0 Å². The molecule has 0 aromatic rings. The zero-order chi connectivity index (χ0) is 7.68. The summed E-state index contributed by atoms with van der Waals surface area (Å²) in [5.74, 6) is -0.0364. The van der Waals surface area contributed by atoms with Crippen molar-refractivity contribution in [2.75, 3.05) is 6.61 Å². The molecule has 1 saturated heterocycles. The molecule has 0 bridgehead atoms. The molecule has 0 N–H and O–H groups in total. The maximum absolute atomic E-state index is 10.9. The first-order chi connectivity index (χ1) is 5.36. The second-order valence-electron chi connectivity index (χ2n) is 3.21. The molecule has 0 spiro atoms. The summed E-state index contributed by atoms with van der Waals surface area (Å²) in [7, 11) is 0. The molecule has 1 heterocycles. The zero-order valence-corrected chi connectivity index (χ0v) is 6.56. The molecular weight excluding hydrogens is 140 g/mol. The Labute approximate surface area is 66.2 Å². The molecule has 2 aliphatic rings. The summed E-state index contributed by atoms with van der Waals surface area (Å²) in [5.41, 5.74) is 2.90. The van der Waals surface area contributed by atoms with E-state index in [0.717, 1.165) is 6.42 Å². The quantitative estimate of drug-likeness (QED) is 0.391. The van der Waals surface area contributed by atoms with Crippen molar-refractivity contribution in [3.8, 4) is 0 Å². The van der Waals surface area contributed by atoms with Crippen LogP contribution >= 0.6 is 0 Å². The number of carbonyl (C=O) groups excluding carboxylic acids is 1. The first kappa shape index (κ1) is 6.89. The Morgan fingerprint density at radius 2 is 1.91 bits per heavy atom. The van der Waals surface area contributed by atoms with Crippen LogP contribution in [-0.4, -0.2) is 12.6 Å². The fourth-order valence-corrected chi connectivity index (χ4v) is 1.61. The highest BCUT2D eigenvalue weighted by atomic mass is 16.5. The first-order valence-corrected chi connectivity index (χ1v) is 4.21. The number of rotatable bonds is 0. The summed E-state index contributed by atoms with van der Waals surface area (Å²) >= 11 is 0. The van der Waals surface area contributed by atoms with Crippen molar-refractivity contribution in [2.24, 2.45) is 0 Å². The summed E-state index contributed by atoms with van der Waals surface area (Å²) in [4.78, 5) is 10.9. The van der Waals surface area contributed by atoms with E-state index in [1.807, 2.05) is 0 Å². The number of carbonyl (C=O) groups is 1. The van der Waals surface area contributed by atoms with Gasteiger partial charge in [-0.15, -0.1) is 0 Å². The van der Waals surface area contributed by atoms with Crippen LogP contribution in [0.15, 0.2) is 11.1 Å². The molecule has 0 unspecified atom stereocenters. The summed E-state index contributed by atoms with van der Waals surface area (Å²) < 4.78 is 4.85. The predicted molar refractivity (Wildman–Crippen MR) is 41.1 cm³/mol. The highest BCUT2D eigenvalue weighted by Gasteiger charge is 2.20. The number of cyclic esters (lactones) is 1. The van der Waals surface area contributed by atoms with E-state index in [-0.39, 0.29) is 5.97 Å². The topological polar surface area (TPSA) is 26.3 Å². The van der Waals surface area contributed by atoms with Gasteiger partial charge in [-0.05, 0) is 19.3 Å². The molecule has 2 heteroatoms.